The second kappa shape index (κ2) is 5.77. The van der Waals surface area contributed by atoms with Crippen molar-refractivity contribution in [3.63, 3.8) is 0 Å². The molecule has 0 saturated carbocycles. The van der Waals surface area contributed by atoms with E-state index < -0.39 is 0 Å². The Bertz CT molecular complexity index is 1110. The molecule has 0 atom stereocenters. The summed E-state index contributed by atoms with van der Waals surface area (Å²) in [6.45, 7) is 4.39. The summed E-state index contributed by atoms with van der Waals surface area (Å²) in [5, 5.41) is 14.3. The van der Waals surface area contributed by atoms with Crippen molar-refractivity contribution in [3.05, 3.63) is 71.8 Å². The summed E-state index contributed by atoms with van der Waals surface area (Å²) in [4.78, 5) is 3.41. The number of rotatable bonds is 1. The molecule has 1 aliphatic carbocycles. The van der Waals surface area contributed by atoms with Gasteiger partial charge in [0.2, 0.25) is 5.52 Å². The van der Waals surface area contributed by atoms with E-state index in [2.05, 4.69) is 49.2 Å². The van der Waals surface area contributed by atoms with Gasteiger partial charge in [-0.3, -0.25) is 0 Å². The standard InChI is InChI=1S/C22H17NOS.Be/c1-22(2)15-8-4-3-7-13(15)19-16(22)12-11-14(20(19)24)21-23-17-9-5-6-10-18(17)25-21;/h3-12,24H,1-2H3;/q;+2. The summed E-state index contributed by atoms with van der Waals surface area (Å²) in [7, 11) is 0. The van der Waals surface area contributed by atoms with Crippen LogP contribution in [0.4, 0.5) is 0 Å². The second-order valence-electron chi connectivity index (χ2n) is 7.09. The van der Waals surface area contributed by atoms with Gasteiger partial charge < -0.3 is 5.11 Å². The first-order valence-electron chi connectivity index (χ1n) is 8.43. The fourth-order valence-electron chi connectivity index (χ4n) is 3.98. The molecule has 1 N–H and O–H groups in total. The number of aromatic nitrogens is 1. The van der Waals surface area contributed by atoms with Gasteiger partial charge in [0, 0.05) is 11.5 Å². The maximum atomic E-state index is 13.4. The fraction of sp³-hybridized carbons (Fsp3) is 0.136. The van der Waals surface area contributed by atoms with Crippen molar-refractivity contribution in [2.45, 2.75) is 19.3 Å². The molecule has 1 heterocycles. The van der Waals surface area contributed by atoms with Crippen LogP contribution in [0.3, 0.4) is 0 Å². The van der Waals surface area contributed by atoms with Crippen molar-refractivity contribution in [1.29, 1.82) is 0 Å². The maximum absolute atomic E-state index is 13.4. The Kier molecular flexibility index (Phi) is 3.76. The predicted molar refractivity (Wildman–Crippen MR) is 107 cm³/mol. The van der Waals surface area contributed by atoms with Crippen molar-refractivity contribution in [1.82, 2.24) is 0 Å². The van der Waals surface area contributed by atoms with Gasteiger partial charge in [0.05, 0.1) is 5.56 Å². The molecule has 2 nitrogen and oxygen atoms in total. The summed E-state index contributed by atoms with van der Waals surface area (Å²) >= 11 is 1.64. The summed E-state index contributed by atoms with van der Waals surface area (Å²) in [6, 6.07) is 20.6. The quantitative estimate of drug-likeness (QED) is 0.468. The molecule has 0 bridgehead atoms. The van der Waals surface area contributed by atoms with Crippen molar-refractivity contribution in [3.8, 4) is 27.4 Å². The zero-order valence-corrected chi connectivity index (χ0v) is 15.6. The van der Waals surface area contributed by atoms with Crippen LogP contribution in [0, 0.1) is 0 Å². The Balaban J connectivity index is 0.00000168. The molecule has 0 aliphatic heterocycles. The molecule has 5 rings (SSSR count). The molecule has 0 unspecified atom stereocenters. The summed E-state index contributed by atoms with van der Waals surface area (Å²) in [5.74, 6) is 0.123. The predicted octanol–water partition coefficient (Wildman–Crippen LogP) is 4.38. The van der Waals surface area contributed by atoms with E-state index in [1.807, 2.05) is 30.3 Å². The largest absolute Gasteiger partial charge is 2.00 e. The number of aromatic amines is 1. The monoisotopic (exact) mass is 352 g/mol. The molecular weight excluding hydrogens is 335 g/mol. The van der Waals surface area contributed by atoms with Crippen LogP contribution < -0.4 is 10.1 Å². The van der Waals surface area contributed by atoms with Crippen LogP contribution in [-0.4, -0.2) is 10.1 Å². The number of H-pyrrole nitrogens is 1. The van der Waals surface area contributed by atoms with Crippen molar-refractivity contribution in [2.75, 3.05) is 0 Å². The van der Waals surface area contributed by atoms with Gasteiger partial charge >= 0.3 is 10.1 Å². The molecular formula is C22H17BeNOS+2. The van der Waals surface area contributed by atoms with Crippen LogP contribution in [0.1, 0.15) is 25.0 Å². The van der Waals surface area contributed by atoms with E-state index in [-0.39, 0.29) is 21.3 Å². The first-order valence-corrected chi connectivity index (χ1v) is 9.24. The zero-order chi connectivity index (χ0) is 17.2. The van der Waals surface area contributed by atoms with Crippen LogP contribution in [-0.2, 0) is 5.41 Å². The van der Waals surface area contributed by atoms with E-state index in [9.17, 15) is 5.11 Å². The van der Waals surface area contributed by atoms with E-state index in [1.165, 1.54) is 5.56 Å². The number of benzene rings is 3. The van der Waals surface area contributed by atoms with Gasteiger partial charge in [0.1, 0.15) is 4.70 Å². The average Bonchev–Trinajstić information content (AvgIpc) is 3.14. The number of hydrogen-bond donors (Lipinski definition) is 0. The Morgan fingerprint density at radius 1 is 0.846 bits per heavy atom. The number of fused-ring (bicyclic) bond motifs is 4. The topological polar surface area (TPSA) is 37.2 Å². The minimum atomic E-state index is -0.131. The summed E-state index contributed by atoms with van der Waals surface area (Å²) < 4.78 is 1.16. The maximum Gasteiger partial charge on any atom is 2.00 e. The molecule has 4 aromatic rings. The Hall–Kier alpha value is -2.48. The van der Waals surface area contributed by atoms with Crippen molar-refractivity contribution >= 4 is 31.7 Å². The zero-order valence-electron chi connectivity index (χ0n) is 14.8. The first kappa shape index (κ1) is 17.0. The van der Waals surface area contributed by atoms with Crippen LogP contribution in [0.15, 0.2) is 60.7 Å². The Labute approximate surface area is 160 Å². The van der Waals surface area contributed by atoms with E-state index >= 15 is 0 Å². The molecule has 1 aliphatic rings. The number of para-hydroxylation sites is 1. The molecule has 122 valence electrons. The third-order valence-electron chi connectivity index (χ3n) is 5.29. The van der Waals surface area contributed by atoms with Crippen molar-refractivity contribution in [2.24, 2.45) is 0 Å². The average molecular weight is 352 g/mol. The van der Waals surface area contributed by atoms with Crippen molar-refractivity contribution < 1.29 is 10.1 Å². The minimum absolute atomic E-state index is 0. The van der Waals surface area contributed by atoms with Crippen LogP contribution >= 0.6 is 11.3 Å². The number of thiazole rings is 1. The van der Waals surface area contributed by atoms with Gasteiger partial charge in [-0.1, -0.05) is 73.4 Å². The molecule has 4 heteroatoms. The summed E-state index contributed by atoms with van der Waals surface area (Å²) in [6.07, 6.45) is 0. The first-order chi connectivity index (χ1) is 12.1. The third-order valence-corrected chi connectivity index (χ3v) is 6.39. The Morgan fingerprint density at radius 2 is 1.58 bits per heavy atom. The van der Waals surface area contributed by atoms with Crippen LogP contribution in [0.2, 0.25) is 0 Å². The summed E-state index contributed by atoms with van der Waals surface area (Å²) in [5.41, 5.74) is 6.01. The van der Waals surface area contributed by atoms with Gasteiger partial charge in [-0.2, -0.15) is 4.98 Å². The molecule has 0 saturated heterocycles. The van der Waals surface area contributed by atoms with E-state index in [0.717, 1.165) is 37.5 Å². The van der Waals surface area contributed by atoms with Gasteiger partial charge in [0.15, 0.2) is 0 Å². The molecule has 0 spiro atoms. The van der Waals surface area contributed by atoms with Crippen LogP contribution in [0.5, 0.6) is 5.75 Å². The Morgan fingerprint density at radius 3 is 2.38 bits per heavy atom. The second-order valence-corrected chi connectivity index (χ2v) is 8.14. The van der Waals surface area contributed by atoms with E-state index in [1.54, 1.807) is 11.3 Å². The SMILES string of the molecule is CC1(C)c2ccccc2-c2c1ccc(-c1[nH+]c3ccccc3s1)c2[O-].[Be+2]. The molecule has 3 aromatic carbocycles. The number of hydrogen-bond acceptors (Lipinski definition) is 2. The fourth-order valence-corrected chi connectivity index (χ4v) is 5.01. The number of nitrogens with one attached hydrogen (secondary N) is 1. The van der Waals surface area contributed by atoms with E-state index in [0.29, 0.717) is 0 Å². The molecule has 0 amide bonds. The van der Waals surface area contributed by atoms with Gasteiger partial charge in [-0.15, -0.1) is 0 Å². The third kappa shape index (κ3) is 2.18. The molecule has 0 fully saturated rings. The van der Waals surface area contributed by atoms with Gasteiger partial charge in [-0.05, 0) is 34.4 Å². The van der Waals surface area contributed by atoms with Gasteiger partial charge in [-0.25, -0.2) is 0 Å². The molecule has 26 heavy (non-hydrogen) atoms. The van der Waals surface area contributed by atoms with Gasteiger partial charge in [0.25, 0.3) is 5.01 Å². The molecule has 0 radical (unpaired) electrons. The molecule has 1 aromatic heterocycles. The van der Waals surface area contributed by atoms with Crippen LogP contribution in [0.25, 0.3) is 31.9 Å². The van der Waals surface area contributed by atoms with E-state index in [4.69, 9.17) is 0 Å². The minimum Gasteiger partial charge on any atom is -0.871 e. The smallest absolute Gasteiger partial charge is 0.871 e. The normalized spacial score (nSPS) is 13.9.